The Morgan fingerprint density at radius 3 is 2.79 bits per heavy atom. The minimum atomic E-state index is -0.0873. The van der Waals surface area contributed by atoms with Gasteiger partial charge in [-0.2, -0.15) is 5.10 Å². The molecule has 0 radical (unpaired) electrons. The van der Waals surface area contributed by atoms with Crippen LogP contribution in [0.15, 0.2) is 29.6 Å². The molecule has 14 heavy (non-hydrogen) atoms. The van der Waals surface area contributed by atoms with Gasteiger partial charge in [0, 0.05) is 18.0 Å². The highest BCUT2D eigenvalue weighted by Gasteiger charge is 2.21. The van der Waals surface area contributed by atoms with E-state index in [0.717, 1.165) is 10.6 Å². The number of amides is 1. The van der Waals surface area contributed by atoms with Gasteiger partial charge in [0.15, 0.2) is 0 Å². The molecule has 1 unspecified atom stereocenters. The summed E-state index contributed by atoms with van der Waals surface area (Å²) in [4.78, 5) is 15.0. The number of aromatic nitrogens is 1. The van der Waals surface area contributed by atoms with Gasteiger partial charge in [-0.05, 0) is 19.1 Å². The maximum atomic E-state index is 11.1. The smallest absolute Gasteiger partial charge is 0.253 e. The summed E-state index contributed by atoms with van der Waals surface area (Å²) < 4.78 is 0. The van der Waals surface area contributed by atoms with Gasteiger partial charge in [0.05, 0.1) is 5.25 Å². The van der Waals surface area contributed by atoms with E-state index in [2.05, 4.69) is 15.5 Å². The standard InChI is InChI=1S/C9H9N3OS/c1-6-8(13)11-12-9(14-6)7-2-4-10-5-3-7/h2-6H,1H3,(H,11,13). The van der Waals surface area contributed by atoms with Crippen LogP contribution in [0.3, 0.4) is 0 Å². The van der Waals surface area contributed by atoms with Crippen LogP contribution >= 0.6 is 11.8 Å². The van der Waals surface area contributed by atoms with Gasteiger partial charge in [-0.15, -0.1) is 0 Å². The van der Waals surface area contributed by atoms with E-state index in [1.54, 1.807) is 12.4 Å². The lowest BCUT2D eigenvalue weighted by Gasteiger charge is -2.16. The van der Waals surface area contributed by atoms with Crippen molar-refractivity contribution in [2.45, 2.75) is 12.2 Å². The number of rotatable bonds is 1. The number of pyridine rings is 1. The van der Waals surface area contributed by atoms with Crippen molar-refractivity contribution in [3.63, 3.8) is 0 Å². The van der Waals surface area contributed by atoms with Crippen LogP contribution in [0.4, 0.5) is 0 Å². The molecule has 5 heteroatoms. The lowest BCUT2D eigenvalue weighted by molar-refractivity contribution is -0.120. The maximum absolute atomic E-state index is 11.1. The van der Waals surface area contributed by atoms with Crippen molar-refractivity contribution in [3.05, 3.63) is 30.1 Å². The number of nitrogens with zero attached hydrogens (tertiary/aromatic N) is 2. The number of carbonyl (C=O) groups is 1. The predicted octanol–water partition coefficient (Wildman–Crippen LogP) is 0.995. The van der Waals surface area contributed by atoms with E-state index >= 15 is 0 Å². The van der Waals surface area contributed by atoms with Gasteiger partial charge in [0.2, 0.25) is 0 Å². The normalized spacial score (nSPS) is 21.4. The van der Waals surface area contributed by atoms with Crippen molar-refractivity contribution in [1.29, 1.82) is 0 Å². The molecule has 0 saturated heterocycles. The molecule has 1 N–H and O–H groups in total. The Bertz CT molecular complexity index is 377. The SMILES string of the molecule is CC1SC(c2ccncc2)=NNC1=O. The van der Waals surface area contributed by atoms with Gasteiger partial charge in [0.25, 0.3) is 5.91 Å². The molecule has 2 heterocycles. The van der Waals surface area contributed by atoms with Crippen molar-refractivity contribution in [2.24, 2.45) is 5.10 Å². The first-order chi connectivity index (χ1) is 6.77. The third kappa shape index (κ3) is 1.77. The van der Waals surface area contributed by atoms with Crippen LogP contribution in [-0.4, -0.2) is 21.2 Å². The first-order valence-electron chi connectivity index (χ1n) is 4.22. The molecule has 0 saturated carbocycles. The Labute approximate surface area is 85.8 Å². The molecule has 2 rings (SSSR count). The predicted molar refractivity (Wildman–Crippen MR) is 56.0 cm³/mol. The second-order valence-corrected chi connectivity index (χ2v) is 4.22. The zero-order valence-corrected chi connectivity index (χ0v) is 8.41. The Morgan fingerprint density at radius 1 is 1.43 bits per heavy atom. The summed E-state index contributed by atoms with van der Waals surface area (Å²) in [6.45, 7) is 1.86. The summed E-state index contributed by atoms with van der Waals surface area (Å²) in [5, 5.41) is 4.73. The fourth-order valence-electron chi connectivity index (χ4n) is 1.07. The Kier molecular flexibility index (Phi) is 2.49. The van der Waals surface area contributed by atoms with E-state index < -0.39 is 0 Å². The molecule has 0 fully saturated rings. The number of carbonyl (C=O) groups excluding carboxylic acids is 1. The maximum Gasteiger partial charge on any atom is 0.253 e. The number of hydrazone groups is 1. The number of hydrogen-bond acceptors (Lipinski definition) is 4. The zero-order valence-electron chi connectivity index (χ0n) is 7.60. The zero-order chi connectivity index (χ0) is 9.97. The molecule has 1 aliphatic rings. The summed E-state index contributed by atoms with van der Waals surface area (Å²) >= 11 is 1.46. The van der Waals surface area contributed by atoms with Gasteiger partial charge >= 0.3 is 0 Å². The van der Waals surface area contributed by atoms with Gasteiger partial charge in [-0.3, -0.25) is 9.78 Å². The van der Waals surface area contributed by atoms with Crippen molar-refractivity contribution in [1.82, 2.24) is 10.4 Å². The summed E-state index contributed by atoms with van der Waals surface area (Å²) in [7, 11) is 0. The summed E-state index contributed by atoms with van der Waals surface area (Å²) in [6, 6.07) is 3.74. The molecule has 1 aromatic heterocycles. The van der Waals surface area contributed by atoms with E-state index in [4.69, 9.17) is 0 Å². The summed E-state index contributed by atoms with van der Waals surface area (Å²) in [6.07, 6.45) is 3.42. The highest BCUT2D eigenvalue weighted by atomic mass is 32.2. The van der Waals surface area contributed by atoms with Crippen LogP contribution in [0.2, 0.25) is 0 Å². The number of thioether (sulfide) groups is 1. The lowest BCUT2D eigenvalue weighted by Crippen LogP contribution is -2.33. The Hall–Kier alpha value is -1.36. The van der Waals surface area contributed by atoms with E-state index in [9.17, 15) is 4.79 Å². The van der Waals surface area contributed by atoms with Gasteiger partial charge in [-0.1, -0.05) is 11.8 Å². The fraction of sp³-hybridized carbons (Fsp3) is 0.222. The first-order valence-corrected chi connectivity index (χ1v) is 5.10. The lowest BCUT2D eigenvalue weighted by atomic mass is 10.3. The van der Waals surface area contributed by atoms with Crippen molar-refractivity contribution in [2.75, 3.05) is 0 Å². The van der Waals surface area contributed by atoms with Crippen LogP contribution < -0.4 is 5.43 Å². The van der Waals surface area contributed by atoms with Crippen molar-refractivity contribution >= 4 is 22.7 Å². The molecule has 0 aromatic carbocycles. The monoisotopic (exact) mass is 207 g/mol. The van der Waals surface area contributed by atoms with E-state index in [0.29, 0.717) is 0 Å². The van der Waals surface area contributed by atoms with Crippen LogP contribution in [0, 0.1) is 0 Å². The van der Waals surface area contributed by atoms with Gasteiger partial charge < -0.3 is 0 Å². The average molecular weight is 207 g/mol. The third-order valence-electron chi connectivity index (χ3n) is 1.85. The van der Waals surface area contributed by atoms with Crippen molar-refractivity contribution < 1.29 is 4.79 Å². The molecule has 72 valence electrons. The Morgan fingerprint density at radius 2 is 2.14 bits per heavy atom. The quantitative estimate of drug-likeness (QED) is 0.747. The second-order valence-electron chi connectivity index (χ2n) is 2.89. The van der Waals surface area contributed by atoms with Crippen LogP contribution in [0.25, 0.3) is 0 Å². The molecule has 1 amide bonds. The Balaban J connectivity index is 2.25. The average Bonchev–Trinajstić information content (AvgIpc) is 2.23. The fourth-order valence-corrected chi connectivity index (χ4v) is 1.94. The van der Waals surface area contributed by atoms with Crippen molar-refractivity contribution in [3.8, 4) is 0 Å². The van der Waals surface area contributed by atoms with Gasteiger partial charge in [0.1, 0.15) is 5.04 Å². The van der Waals surface area contributed by atoms with Crippen LogP contribution in [0.5, 0.6) is 0 Å². The molecule has 1 aliphatic heterocycles. The van der Waals surface area contributed by atoms with E-state index in [1.165, 1.54) is 11.8 Å². The highest BCUT2D eigenvalue weighted by molar-refractivity contribution is 8.15. The molecule has 0 aliphatic carbocycles. The van der Waals surface area contributed by atoms with E-state index in [-0.39, 0.29) is 11.2 Å². The minimum absolute atomic E-state index is 0.0483. The number of hydrogen-bond donors (Lipinski definition) is 1. The molecule has 0 bridgehead atoms. The third-order valence-corrected chi connectivity index (χ3v) is 2.97. The van der Waals surface area contributed by atoms with Gasteiger partial charge in [-0.25, -0.2) is 5.43 Å². The molecular formula is C9H9N3OS. The van der Waals surface area contributed by atoms with Crippen LogP contribution in [0.1, 0.15) is 12.5 Å². The molecule has 4 nitrogen and oxygen atoms in total. The molecule has 1 atom stereocenters. The largest absolute Gasteiger partial charge is 0.272 e. The first kappa shape index (κ1) is 9.21. The highest BCUT2D eigenvalue weighted by Crippen LogP contribution is 2.21. The van der Waals surface area contributed by atoms with Crippen LogP contribution in [-0.2, 0) is 4.79 Å². The number of nitrogens with one attached hydrogen (secondary N) is 1. The van der Waals surface area contributed by atoms with E-state index in [1.807, 2.05) is 19.1 Å². The molecular weight excluding hydrogens is 198 g/mol. The molecule has 0 spiro atoms. The minimum Gasteiger partial charge on any atom is -0.272 e. The summed E-state index contributed by atoms with van der Waals surface area (Å²) in [5.74, 6) is -0.0483. The topological polar surface area (TPSA) is 54.4 Å². The molecule has 1 aromatic rings. The summed E-state index contributed by atoms with van der Waals surface area (Å²) in [5.41, 5.74) is 3.47. The second kappa shape index (κ2) is 3.79.